The zero-order chi connectivity index (χ0) is 9.68. The standard InChI is InChI=1S/C9H15N3O/c1-7(6-13-2)12-9-5-8(10)3-4-11-9/h3-5,7H,6H2,1-2H3,(H3,10,11,12). The largest absolute Gasteiger partial charge is 0.399 e. The average molecular weight is 181 g/mol. The van der Waals surface area contributed by atoms with Crippen molar-refractivity contribution in [3.8, 4) is 0 Å². The van der Waals surface area contributed by atoms with Crippen molar-refractivity contribution in [1.29, 1.82) is 0 Å². The summed E-state index contributed by atoms with van der Waals surface area (Å²) in [5.41, 5.74) is 6.31. The van der Waals surface area contributed by atoms with Crippen molar-refractivity contribution in [2.75, 3.05) is 24.8 Å². The number of nitrogens with one attached hydrogen (secondary N) is 1. The summed E-state index contributed by atoms with van der Waals surface area (Å²) in [6.45, 7) is 2.67. The smallest absolute Gasteiger partial charge is 0.128 e. The molecule has 1 aromatic heterocycles. The van der Waals surface area contributed by atoms with Crippen LogP contribution in [0.1, 0.15) is 6.92 Å². The molecule has 0 amide bonds. The molecule has 4 heteroatoms. The minimum absolute atomic E-state index is 0.235. The number of anilines is 2. The van der Waals surface area contributed by atoms with E-state index in [2.05, 4.69) is 10.3 Å². The van der Waals surface area contributed by atoms with Gasteiger partial charge in [-0.3, -0.25) is 0 Å². The Hall–Kier alpha value is -1.29. The third kappa shape index (κ3) is 3.29. The molecule has 0 spiro atoms. The molecule has 13 heavy (non-hydrogen) atoms. The monoisotopic (exact) mass is 181 g/mol. The summed E-state index contributed by atoms with van der Waals surface area (Å²) in [7, 11) is 1.67. The summed E-state index contributed by atoms with van der Waals surface area (Å²) in [6.07, 6.45) is 1.68. The highest BCUT2D eigenvalue weighted by Gasteiger charge is 2.01. The predicted molar refractivity (Wildman–Crippen MR) is 53.6 cm³/mol. The van der Waals surface area contributed by atoms with Crippen molar-refractivity contribution < 1.29 is 4.74 Å². The van der Waals surface area contributed by atoms with Gasteiger partial charge in [-0.1, -0.05) is 0 Å². The molecule has 0 saturated heterocycles. The van der Waals surface area contributed by atoms with Crippen molar-refractivity contribution >= 4 is 11.5 Å². The van der Waals surface area contributed by atoms with Crippen LogP contribution in [0.25, 0.3) is 0 Å². The maximum absolute atomic E-state index is 5.60. The molecule has 0 aromatic carbocycles. The Labute approximate surface area is 78.1 Å². The number of nitrogens with two attached hydrogens (primary N) is 1. The Bertz CT molecular complexity index is 265. The minimum atomic E-state index is 0.235. The SMILES string of the molecule is COCC(C)Nc1cc(N)ccn1. The Morgan fingerprint density at radius 3 is 3.08 bits per heavy atom. The third-order valence-corrected chi connectivity index (χ3v) is 1.59. The average Bonchev–Trinajstić information content (AvgIpc) is 2.04. The minimum Gasteiger partial charge on any atom is -0.399 e. The van der Waals surface area contributed by atoms with Gasteiger partial charge < -0.3 is 15.8 Å². The van der Waals surface area contributed by atoms with Crippen LogP contribution in [0.5, 0.6) is 0 Å². The topological polar surface area (TPSA) is 60.2 Å². The van der Waals surface area contributed by atoms with Crippen LogP contribution >= 0.6 is 0 Å². The molecular formula is C9H15N3O. The molecule has 0 radical (unpaired) electrons. The number of aromatic nitrogens is 1. The lowest BCUT2D eigenvalue weighted by Gasteiger charge is -2.13. The van der Waals surface area contributed by atoms with Gasteiger partial charge >= 0.3 is 0 Å². The second-order valence-corrected chi connectivity index (χ2v) is 2.98. The molecule has 1 heterocycles. The van der Waals surface area contributed by atoms with Gasteiger partial charge in [0.05, 0.1) is 6.61 Å². The van der Waals surface area contributed by atoms with Crippen molar-refractivity contribution in [3.63, 3.8) is 0 Å². The summed E-state index contributed by atoms with van der Waals surface area (Å²) in [4.78, 5) is 4.12. The van der Waals surface area contributed by atoms with Gasteiger partial charge in [-0.25, -0.2) is 4.98 Å². The molecule has 3 N–H and O–H groups in total. The lowest BCUT2D eigenvalue weighted by atomic mass is 10.3. The maximum Gasteiger partial charge on any atom is 0.128 e. The van der Waals surface area contributed by atoms with Crippen LogP contribution < -0.4 is 11.1 Å². The highest BCUT2D eigenvalue weighted by Crippen LogP contribution is 2.08. The molecule has 72 valence electrons. The van der Waals surface area contributed by atoms with Gasteiger partial charge in [0, 0.05) is 31.1 Å². The van der Waals surface area contributed by atoms with E-state index in [1.807, 2.05) is 6.92 Å². The van der Waals surface area contributed by atoms with E-state index < -0.39 is 0 Å². The van der Waals surface area contributed by atoms with E-state index in [1.165, 1.54) is 0 Å². The van der Waals surface area contributed by atoms with Crippen molar-refractivity contribution in [2.24, 2.45) is 0 Å². The van der Waals surface area contributed by atoms with E-state index in [0.29, 0.717) is 12.3 Å². The number of hydrogen-bond acceptors (Lipinski definition) is 4. The maximum atomic E-state index is 5.60. The summed E-state index contributed by atoms with van der Waals surface area (Å²) in [5.74, 6) is 0.782. The molecule has 1 unspecified atom stereocenters. The van der Waals surface area contributed by atoms with Crippen LogP contribution in [-0.4, -0.2) is 24.7 Å². The lowest BCUT2D eigenvalue weighted by Crippen LogP contribution is -2.21. The van der Waals surface area contributed by atoms with E-state index in [1.54, 1.807) is 25.4 Å². The Morgan fingerprint density at radius 2 is 2.46 bits per heavy atom. The molecule has 1 rings (SSSR count). The van der Waals surface area contributed by atoms with E-state index in [4.69, 9.17) is 10.5 Å². The van der Waals surface area contributed by atoms with Crippen LogP contribution in [0, 0.1) is 0 Å². The normalized spacial score (nSPS) is 12.5. The van der Waals surface area contributed by atoms with Crippen LogP contribution in [0.4, 0.5) is 11.5 Å². The first kappa shape index (κ1) is 9.80. The number of methoxy groups -OCH3 is 1. The molecule has 1 aromatic rings. The summed E-state index contributed by atoms with van der Waals surface area (Å²) < 4.78 is 4.98. The summed E-state index contributed by atoms with van der Waals surface area (Å²) in [6, 6.07) is 3.79. The zero-order valence-corrected chi connectivity index (χ0v) is 7.95. The van der Waals surface area contributed by atoms with Gasteiger partial charge in [-0.05, 0) is 13.0 Å². The lowest BCUT2D eigenvalue weighted by molar-refractivity contribution is 0.190. The van der Waals surface area contributed by atoms with E-state index >= 15 is 0 Å². The fourth-order valence-electron chi connectivity index (χ4n) is 1.07. The summed E-state index contributed by atoms with van der Waals surface area (Å²) >= 11 is 0. The van der Waals surface area contributed by atoms with Gasteiger partial charge in [0.25, 0.3) is 0 Å². The van der Waals surface area contributed by atoms with Crippen molar-refractivity contribution in [3.05, 3.63) is 18.3 Å². The Kier molecular flexibility index (Phi) is 3.52. The number of rotatable bonds is 4. The Balaban J connectivity index is 2.53. The number of nitrogen functional groups attached to an aromatic ring is 1. The molecule has 0 fully saturated rings. The zero-order valence-electron chi connectivity index (χ0n) is 7.95. The van der Waals surface area contributed by atoms with Gasteiger partial charge in [0.2, 0.25) is 0 Å². The number of ether oxygens (including phenoxy) is 1. The fraction of sp³-hybridized carbons (Fsp3) is 0.444. The van der Waals surface area contributed by atoms with E-state index in [0.717, 1.165) is 5.82 Å². The summed E-state index contributed by atoms with van der Waals surface area (Å²) in [5, 5.41) is 3.17. The first-order valence-electron chi connectivity index (χ1n) is 4.19. The Morgan fingerprint density at radius 1 is 1.69 bits per heavy atom. The van der Waals surface area contributed by atoms with Gasteiger partial charge in [0.15, 0.2) is 0 Å². The molecule has 1 atom stereocenters. The highest BCUT2D eigenvalue weighted by atomic mass is 16.5. The van der Waals surface area contributed by atoms with Crippen molar-refractivity contribution in [2.45, 2.75) is 13.0 Å². The second-order valence-electron chi connectivity index (χ2n) is 2.98. The van der Waals surface area contributed by atoms with Crippen LogP contribution in [0.2, 0.25) is 0 Å². The molecule has 0 aliphatic rings. The third-order valence-electron chi connectivity index (χ3n) is 1.59. The molecule has 0 saturated carbocycles. The molecule has 4 nitrogen and oxygen atoms in total. The van der Waals surface area contributed by atoms with Crippen molar-refractivity contribution in [1.82, 2.24) is 4.98 Å². The number of hydrogen-bond donors (Lipinski definition) is 2. The highest BCUT2D eigenvalue weighted by molar-refractivity contribution is 5.48. The molecule has 0 bridgehead atoms. The second kappa shape index (κ2) is 4.67. The quantitative estimate of drug-likeness (QED) is 0.730. The van der Waals surface area contributed by atoms with Crippen LogP contribution in [0.3, 0.4) is 0 Å². The number of pyridine rings is 1. The first-order valence-corrected chi connectivity index (χ1v) is 4.19. The van der Waals surface area contributed by atoms with Gasteiger partial charge in [-0.2, -0.15) is 0 Å². The first-order chi connectivity index (χ1) is 6.22. The molecular weight excluding hydrogens is 166 g/mol. The fourth-order valence-corrected chi connectivity index (χ4v) is 1.07. The number of nitrogens with zero attached hydrogens (tertiary/aromatic N) is 1. The van der Waals surface area contributed by atoms with Crippen LogP contribution in [0.15, 0.2) is 18.3 Å². The van der Waals surface area contributed by atoms with Crippen LogP contribution in [-0.2, 0) is 4.74 Å². The van der Waals surface area contributed by atoms with Gasteiger partial charge in [-0.15, -0.1) is 0 Å². The molecule has 0 aliphatic heterocycles. The molecule has 0 aliphatic carbocycles. The van der Waals surface area contributed by atoms with Gasteiger partial charge in [0.1, 0.15) is 5.82 Å². The van der Waals surface area contributed by atoms with E-state index in [9.17, 15) is 0 Å². The predicted octanol–water partition coefficient (Wildman–Crippen LogP) is 1.11. The van der Waals surface area contributed by atoms with E-state index in [-0.39, 0.29) is 6.04 Å².